The molecule has 8 nitrogen and oxygen atoms in total. The fourth-order valence-electron chi connectivity index (χ4n) is 6.79. The van der Waals surface area contributed by atoms with Crippen LogP contribution in [0, 0.1) is 17.3 Å². The lowest BCUT2D eigenvalue weighted by Crippen LogP contribution is -2.61. The molecule has 4 rings (SSSR count). The molecule has 188 valence electrons. The average Bonchev–Trinajstić information content (AvgIpc) is 2.96. The van der Waals surface area contributed by atoms with Gasteiger partial charge in [0.25, 0.3) is 0 Å². The van der Waals surface area contributed by atoms with Gasteiger partial charge in [-0.05, 0) is 45.6 Å². The first-order chi connectivity index (χ1) is 15.7. The molecule has 0 aromatic rings. The third kappa shape index (κ3) is 3.61. The van der Waals surface area contributed by atoms with Crippen molar-refractivity contribution in [1.82, 2.24) is 9.80 Å². The molecule has 6 atom stereocenters. The molecule has 34 heavy (non-hydrogen) atoms. The molecular weight excluding hydrogens is 436 g/mol. The maximum atomic E-state index is 14.3. The maximum Gasteiger partial charge on any atom is 0.313 e. The van der Waals surface area contributed by atoms with Gasteiger partial charge in [-0.3, -0.25) is 14.4 Å². The van der Waals surface area contributed by atoms with Gasteiger partial charge in [-0.25, -0.2) is 0 Å². The predicted molar refractivity (Wildman–Crippen MR) is 125 cm³/mol. The Kier molecular flexibility index (Phi) is 5.80. The van der Waals surface area contributed by atoms with Crippen molar-refractivity contribution in [3.8, 4) is 0 Å². The largest absolute Gasteiger partial charge is 0.461 e. The minimum Gasteiger partial charge on any atom is -0.461 e. The molecule has 8 heteroatoms. The standard InChI is InChI=1S/C26H38N2O6/c1-16(14-29)28-19-21(31)27(24(5,6)15-23(2,3)4)12-8-11-26(19)17(20(28)30)18-22(32)33-13-9-10-25(18,7)34-26/h8-11,16-19,29H,12-15H2,1-7H3/t16-,17+,18+,19?,25-,26+/m1/s1. The first-order valence-corrected chi connectivity index (χ1v) is 12.2. The highest BCUT2D eigenvalue weighted by Gasteiger charge is 2.75. The van der Waals surface area contributed by atoms with Crippen LogP contribution in [0.4, 0.5) is 0 Å². The zero-order valence-electron chi connectivity index (χ0n) is 21.3. The molecule has 0 bridgehead atoms. The Morgan fingerprint density at radius 1 is 1.09 bits per heavy atom. The number of carbonyl (C=O) groups excluding carboxylic acids is 3. The number of aliphatic hydroxyl groups excluding tert-OH is 1. The Morgan fingerprint density at radius 2 is 1.76 bits per heavy atom. The molecule has 0 radical (unpaired) electrons. The number of rotatable bonds is 4. The topological polar surface area (TPSA) is 96.4 Å². The molecule has 0 aromatic heterocycles. The highest BCUT2D eigenvalue weighted by molar-refractivity contribution is 5.99. The van der Waals surface area contributed by atoms with E-state index in [1.54, 1.807) is 26.0 Å². The Morgan fingerprint density at radius 3 is 2.38 bits per heavy atom. The molecule has 0 aliphatic carbocycles. The smallest absolute Gasteiger partial charge is 0.313 e. The van der Waals surface area contributed by atoms with Gasteiger partial charge in [0, 0.05) is 12.1 Å². The lowest BCUT2D eigenvalue weighted by Gasteiger charge is -2.45. The van der Waals surface area contributed by atoms with Crippen molar-refractivity contribution in [3.05, 3.63) is 24.3 Å². The summed E-state index contributed by atoms with van der Waals surface area (Å²) >= 11 is 0. The first kappa shape index (κ1) is 24.9. The van der Waals surface area contributed by atoms with E-state index in [9.17, 15) is 19.5 Å². The SMILES string of the molecule is C[C@H](CO)N1C(=O)[C@@H]2[C@H]3C(=O)OCC=C[C@@]3(C)O[C@@]23C=CCN(C(C)(C)CC(C)(C)C)C(=O)C13. The van der Waals surface area contributed by atoms with Crippen LogP contribution in [-0.4, -0.2) is 81.3 Å². The normalized spacial score (nSPS) is 36.6. The quantitative estimate of drug-likeness (QED) is 0.495. The van der Waals surface area contributed by atoms with E-state index in [2.05, 4.69) is 20.8 Å². The van der Waals surface area contributed by atoms with Gasteiger partial charge in [-0.1, -0.05) is 39.0 Å². The van der Waals surface area contributed by atoms with E-state index in [1.165, 1.54) is 4.90 Å². The molecule has 1 unspecified atom stereocenters. The molecular formula is C26H38N2O6. The van der Waals surface area contributed by atoms with Crippen LogP contribution in [-0.2, 0) is 23.9 Å². The minimum absolute atomic E-state index is 0.0251. The van der Waals surface area contributed by atoms with Crippen molar-refractivity contribution in [2.45, 2.75) is 83.7 Å². The van der Waals surface area contributed by atoms with E-state index >= 15 is 0 Å². The molecule has 4 aliphatic rings. The number of amides is 2. The van der Waals surface area contributed by atoms with Crippen LogP contribution in [0.1, 0.15) is 54.9 Å². The number of hydrogen-bond donors (Lipinski definition) is 1. The molecule has 1 spiro atoms. The Labute approximate surface area is 201 Å². The van der Waals surface area contributed by atoms with Gasteiger partial charge in [0.15, 0.2) is 0 Å². The number of likely N-dealkylation sites (tertiary alicyclic amines) is 1. The molecule has 2 fully saturated rings. The third-order valence-electron chi connectivity index (χ3n) is 7.68. The molecule has 4 aliphatic heterocycles. The average molecular weight is 475 g/mol. The number of carbonyl (C=O) groups is 3. The zero-order valence-corrected chi connectivity index (χ0v) is 21.3. The second-order valence-electron chi connectivity index (χ2n) is 12.2. The van der Waals surface area contributed by atoms with Crippen molar-refractivity contribution in [1.29, 1.82) is 0 Å². The minimum atomic E-state index is -1.33. The number of aliphatic hydroxyl groups is 1. The van der Waals surface area contributed by atoms with Crippen LogP contribution in [0.15, 0.2) is 24.3 Å². The third-order valence-corrected chi connectivity index (χ3v) is 7.68. The summed E-state index contributed by atoms with van der Waals surface area (Å²) in [6.45, 7) is 14.2. The molecule has 2 amide bonds. The summed E-state index contributed by atoms with van der Waals surface area (Å²) in [5.74, 6) is -2.90. The second-order valence-corrected chi connectivity index (χ2v) is 12.2. The Bertz CT molecular complexity index is 949. The maximum absolute atomic E-state index is 14.3. The first-order valence-electron chi connectivity index (χ1n) is 12.2. The van der Waals surface area contributed by atoms with Gasteiger partial charge in [0.05, 0.1) is 24.2 Å². The Hall–Kier alpha value is -2.19. The predicted octanol–water partition coefficient (Wildman–Crippen LogP) is 2.06. The zero-order chi connectivity index (χ0) is 25.3. The number of fused-ring (bicyclic) bond motifs is 2. The van der Waals surface area contributed by atoms with Crippen LogP contribution < -0.4 is 0 Å². The summed E-state index contributed by atoms with van der Waals surface area (Å²) in [6, 6.07) is -1.61. The number of cyclic esters (lactones) is 1. The number of esters is 1. The Balaban J connectivity index is 1.86. The monoisotopic (exact) mass is 474 g/mol. The van der Waals surface area contributed by atoms with Crippen LogP contribution >= 0.6 is 0 Å². The van der Waals surface area contributed by atoms with Gasteiger partial charge in [0.1, 0.15) is 24.2 Å². The van der Waals surface area contributed by atoms with Crippen LogP contribution in [0.25, 0.3) is 0 Å². The number of hydrogen-bond acceptors (Lipinski definition) is 6. The van der Waals surface area contributed by atoms with E-state index in [-0.39, 0.29) is 30.4 Å². The lowest BCUT2D eigenvalue weighted by atomic mass is 9.74. The molecule has 1 N–H and O–H groups in total. The number of ether oxygens (including phenoxy) is 2. The highest BCUT2D eigenvalue weighted by atomic mass is 16.6. The summed E-state index contributed by atoms with van der Waals surface area (Å²) in [4.78, 5) is 44.6. The van der Waals surface area contributed by atoms with E-state index in [0.717, 1.165) is 6.42 Å². The van der Waals surface area contributed by atoms with Crippen LogP contribution in [0.3, 0.4) is 0 Å². The second kappa shape index (κ2) is 7.92. The summed E-state index contributed by atoms with van der Waals surface area (Å²) in [6.07, 6.45) is 7.96. The van der Waals surface area contributed by atoms with Crippen molar-refractivity contribution < 1.29 is 29.0 Å². The van der Waals surface area contributed by atoms with Crippen LogP contribution in [0.2, 0.25) is 0 Å². The number of nitrogens with zero attached hydrogens (tertiary/aromatic N) is 2. The van der Waals surface area contributed by atoms with E-state index in [0.29, 0.717) is 6.54 Å². The van der Waals surface area contributed by atoms with E-state index < -0.39 is 46.6 Å². The van der Waals surface area contributed by atoms with E-state index in [1.807, 2.05) is 30.9 Å². The summed E-state index contributed by atoms with van der Waals surface area (Å²) in [5, 5.41) is 10.00. The van der Waals surface area contributed by atoms with Gasteiger partial charge in [-0.15, -0.1) is 0 Å². The molecule has 0 saturated carbocycles. The van der Waals surface area contributed by atoms with Crippen molar-refractivity contribution >= 4 is 17.8 Å². The fraction of sp³-hybridized carbons (Fsp3) is 0.731. The van der Waals surface area contributed by atoms with Gasteiger partial charge < -0.3 is 24.4 Å². The lowest BCUT2D eigenvalue weighted by molar-refractivity contribution is -0.161. The molecule has 2 saturated heterocycles. The summed E-state index contributed by atoms with van der Waals surface area (Å²) in [7, 11) is 0. The molecule has 0 aromatic carbocycles. The van der Waals surface area contributed by atoms with Crippen molar-refractivity contribution in [2.24, 2.45) is 17.3 Å². The van der Waals surface area contributed by atoms with E-state index in [4.69, 9.17) is 9.47 Å². The highest BCUT2D eigenvalue weighted by Crippen LogP contribution is 2.58. The van der Waals surface area contributed by atoms with Gasteiger partial charge in [-0.2, -0.15) is 0 Å². The molecule has 4 heterocycles. The van der Waals surface area contributed by atoms with Crippen LogP contribution in [0.5, 0.6) is 0 Å². The summed E-state index contributed by atoms with van der Waals surface area (Å²) in [5.41, 5.74) is -2.93. The van der Waals surface area contributed by atoms with Gasteiger partial charge in [0.2, 0.25) is 11.8 Å². The fourth-order valence-corrected chi connectivity index (χ4v) is 6.79. The van der Waals surface area contributed by atoms with Crippen molar-refractivity contribution in [2.75, 3.05) is 19.8 Å². The summed E-state index contributed by atoms with van der Waals surface area (Å²) < 4.78 is 12.0. The van der Waals surface area contributed by atoms with Crippen molar-refractivity contribution in [3.63, 3.8) is 0 Å². The van der Waals surface area contributed by atoms with Gasteiger partial charge >= 0.3 is 5.97 Å².